The van der Waals surface area contributed by atoms with Crippen molar-refractivity contribution in [1.82, 2.24) is 20.4 Å². The van der Waals surface area contributed by atoms with E-state index in [0.29, 0.717) is 18.8 Å². The minimum absolute atomic E-state index is 0.120. The third-order valence-electron chi connectivity index (χ3n) is 4.19. The monoisotopic (exact) mass is 364 g/mol. The summed E-state index contributed by atoms with van der Waals surface area (Å²) in [4.78, 5) is 37.3. The summed E-state index contributed by atoms with van der Waals surface area (Å²) in [5, 5.41) is 9.33. The molecule has 0 spiro atoms. The average Bonchev–Trinajstić information content (AvgIpc) is 2.56. The molecule has 26 heavy (non-hydrogen) atoms. The number of aromatic amines is 1. The van der Waals surface area contributed by atoms with Crippen molar-refractivity contribution in [3.63, 3.8) is 0 Å². The Morgan fingerprint density at radius 3 is 2.54 bits per heavy atom. The van der Waals surface area contributed by atoms with Gasteiger partial charge in [-0.1, -0.05) is 0 Å². The van der Waals surface area contributed by atoms with Crippen molar-refractivity contribution in [2.75, 3.05) is 20.1 Å². The molecule has 8 heteroatoms. The standard InChI is InChI=1S/C18H28N4O4/c1-18(2,3)26-17(25)22(4)10-9-19-15(23)11-14-12-7-5-6-8-13(12)16(24)21-20-14/h5-11H2,1-4H3,(H,19,23)(H,21,24). The first-order valence-electron chi connectivity index (χ1n) is 8.97. The maximum atomic E-state index is 12.2. The maximum Gasteiger partial charge on any atom is 0.410 e. The van der Waals surface area contributed by atoms with Gasteiger partial charge in [0.1, 0.15) is 5.60 Å². The number of H-pyrrole nitrogens is 1. The quantitative estimate of drug-likeness (QED) is 0.816. The molecule has 2 N–H and O–H groups in total. The van der Waals surface area contributed by atoms with Gasteiger partial charge in [-0.3, -0.25) is 9.59 Å². The van der Waals surface area contributed by atoms with Crippen LogP contribution >= 0.6 is 0 Å². The van der Waals surface area contributed by atoms with Crippen LogP contribution < -0.4 is 10.9 Å². The molecule has 8 nitrogen and oxygen atoms in total. The van der Waals surface area contributed by atoms with E-state index < -0.39 is 11.7 Å². The number of hydrogen-bond donors (Lipinski definition) is 2. The van der Waals surface area contributed by atoms with Crippen molar-refractivity contribution in [1.29, 1.82) is 0 Å². The van der Waals surface area contributed by atoms with Gasteiger partial charge < -0.3 is 15.0 Å². The van der Waals surface area contributed by atoms with E-state index >= 15 is 0 Å². The number of ether oxygens (including phenoxy) is 1. The van der Waals surface area contributed by atoms with Gasteiger partial charge in [-0.05, 0) is 52.0 Å². The third-order valence-corrected chi connectivity index (χ3v) is 4.19. The fraction of sp³-hybridized carbons (Fsp3) is 0.667. The normalized spacial score (nSPS) is 13.7. The van der Waals surface area contributed by atoms with Gasteiger partial charge in [0, 0.05) is 25.7 Å². The van der Waals surface area contributed by atoms with Gasteiger partial charge in [0.05, 0.1) is 12.1 Å². The Hall–Kier alpha value is -2.38. The molecule has 1 aliphatic carbocycles. The van der Waals surface area contributed by atoms with Gasteiger partial charge in [-0.2, -0.15) is 5.10 Å². The number of carbonyl (C=O) groups excluding carboxylic acids is 2. The lowest BCUT2D eigenvalue weighted by Crippen LogP contribution is -2.39. The topological polar surface area (TPSA) is 104 Å². The zero-order valence-electron chi connectivity index (χ0n) is 16.0. The van der Waals surface area contributed by atoms with Crippen LogP contribution in [0.2, 0.25) is 0 Å². The highest BCUT2D eigenvalue weighted by atomic mass is 16.6. The van der Waals surface area contributed by atoms with Crippen LogP contribution in [0, 0.1) is 0 Å². The zero-order chi connectivity index (χ0) is 19.3. The number of hydrogen-bond acceptors (Lipinski definition) is 5. The fourth-order valence-corrected chi connectivity index (χ4v) is 2.88. The van der Waals surface area contributed by atoms with Crippen LogP contribution in [0.15, 0.2) is 4.79 Å². The van der Waals surface area contributed by atoms with Crippen LogP contribution in [0.25, 0.3) is 0 Å². The lowest BCUT2D eigenvalue weighted by molar-refractivity contribution is -0.120. The number of aromatic nitrogens is 2. The summed E-state index contributed by atoms with van der Waals surface area (Å²) in [6.45, 7) is 6.08. The lowest BCUT2D eigenvalue weighted by Gasteiger charge is -2.24. The van der Waals surface area contributed by atoms with Gasteiger partial charge in [-0.25, -0.2) is 9.89 Å². The Morgan fingerprint density at radius 1 is 1.23 bits per heavy atom. The number of amides is 2. The number of rotatable bonds is 5. The van der Waals surface area contributed by atoms with Gasteiger partial charge in [-0.15, -0.1) is 0 Å². The van der Waals surface area contributed by atoms with Crippen LogP contribution in [-0.4, -0.2) is 52.8 Å². The van der Waals surface area contributed by atoms with E-state index in [1.54, 1.807) is 27.8 Å². The summed E-state index contributed by atoms with van der Waals surface area (Å²) in [6, 6.07) is 0. The number of carbonyl (C=O) groups is 2. The molecule has 2 amide bonds. The van der Waals surface area contributed by atoms with Gasteiger partial charge >= 0.3 is 6.09 Å². The summed E-state index contributed by atoms with van der Waals surface area (Å²) >= 11 is 0. The van der Waals surface area contributed by atoms with Crippen LogP contribution in [0.1, 0.15) is 50.4 Å². The molecule has 1 aromatic rings. The van der Waals surface area contributed by atoms with E-state index in [2.05, 4.69) is 15.5 Å². The van der Waals surface area contributed by atoms with Gasteiger partial charge in [0.25, 0.3) is 5.56 Å². The molecule has 0 saturated carbocycles. The first-order chi connectivity index (χ1) is 12.2. The molecule has 0 saturated heterocycles. The second kappa shape index (κ2) is 8.33. The largest absolute Gasteiger partial charge is 0.444 e. The maximum absolute atomic E-state index is 12.2. The molecule has 0 bridgehead atoms. The fourth-order valence-electron chi connectivity index (χ4n) is 2.88. The molecule has 144 valence electrons. The zero-order valence-corrected chi connectivity index (χ0v) is 16.0. The van der Waals surface area contributed by atoms with Gasteiger partial charge in [0.2, 0.25) is 5.91 Å². The summed E-state index contributed by atoms with van der Waals surface area (Å²) in [5.41, 5.74) is 1.61. The number of fused-ring (bicyclic) bond motifs is 1. The van der Waals surface area contributed by atoms with E-state index in [-0.39, 0.29) is 17.9 Å². The Morgan fingerprint density at radius 2 is 1.88 bits per heavy atom. The van der Waals surface area contributed by atoms with Crippen molar-refractivity contribution in [3.8, 4) is 0 Å². The highest BCUT2D eigenvalue weighted by Crippen LogP contribution is 2.20. The van der Waals surface area contributed by atoms with Crippen LogP contribution in [0.5, 0.6) is 0 Å². The molecular weight excluding hydrogens is 336 g/mol. The van der Waals surface area contributed by atoms with Crippen molar-refractivity contribution < 1.29 is 14.3 Å². The molecule has 2 rings (SSSR count). The van der Waals surface area contributed by atoms with Gasteiger partial charge in [0.15, 0.2) is 0 Å². The van der Waals surface area contributed by atoms with E-state index in [9.17, 15) is 14.4 Å². The molecule has 0 atom stereocenters. The molecule has 1 heterocycles. The Labute approximate surface area is 153 Å². The second-order valence-electron chi connectivity index (χ2n) is 7.59. The second-order valence-corrected chi connectivity index (χ2v) is 7.59. The third kappa shape index (κ3) is 5.57. The smallest absolute Gasteiger partial charge is 0.410 e. The molecule has 0 fully saturated rings. The number of likely N-dealkylation sites (N-methyl/N-ethyl adjacent to an activating group) is 1. The summed E-state index contributed by atoms with van der Waals surface area (Å²) in [7, 11) is 1.63. The molecule has 1 aliphatic rings. The SMILES string of the molecule is CN(CCNC(=O)Cc1n[nH]c(=O)c2c1CCCC2)C(=O)OC(C)(C)C. The van der Waals surface area contributed by atoms with Crippen LogP contribution in [0.4, 0.5) is 4.79 Å². The molecule has 0 radical (unpaired) electrons. The molecule has 1 aromatic heterocycles. The van der Waals surface area contributed by atoms with E-state index in [0.717, 1.165) is 36.8 Å². The highest BCUT2D eigenvalue weighted by Gasteiger charge is 2.21. The Bertz CT molecular complexity index is 721. The average molecular weight is 364 g/mol. The Kier molecular flexibility index (Phi) is 6.39. The van der Waals surface area contributed by atoms with E-state index in [4.69, 9.17) is 4.74 Å². The van der Waals surface area contributed by atoms with Crippen LogP contribution in [-0.2, 0) is 28.8 Å². The van der Waals surface area contributed by atoms with Crippen molar-refractivity contribution in [2.45, 2.75) is 58.5 Å². The lowest BCUT2D eigenvalue weighted by atomic mass is 9.91. The van der Waals surface area contributed by atoms with Crippen molar-refractivity contribution >= 4 is 12.0 Å². The molecule has 0 unspecified atom stereocenters. The highest BCUT2D eigenvalue weighted by molar-refractivity contribution is 5.78. The molecular formula is C18H28N4O4. The van der Waals surface area contributed by atoms with Crippen molar-refractivity contribution in [3.05, 3.63) is 27.2 Å². The first kappa shape index (κ1) is 19.9. The number of nitrogens with one attached hydrogen (secondary N) is 2. The predicted molar refractivity (Wildman–Crippen MR) is 97.1 cm³/mol. The first-order valence-corrected chi connectivity index (χ1v) is 8.97. The molecule has 0 aliphatic heterocycles. The van der Waals surface area contributed by atoms with Crippen LogP contribution in [0.3, 0.4) is 0 Å². The van der Waals surface area contributed by atoms with E-state index in [1.165, 1.54) is 4.90 Å². The van der Waals surface area contributed by atoms with Crippen molar-refractivity contribution in [2.24, 2.45) is 0 Å². The minimum Gasteiger partial charge on any atom is -0.444 e. The summed E-state index contributed by atoms with van der Waals surface area (Å²) in [6.07, 6.45) is 3.22. The number of nitrogens with zero attached hydrogens (tertiary/aromatic N) is 2. The molecule has 0 aromatic carbocycles. The summed E-state index contributed by atoms with van der Waals surface area (Å²) < 4.78 is 5.26. The Balaban J connectivity index is 1.85. The summed E-state index contributed by atoms with van der Waals surface area (Å²) in [5.74, 6) is -0.185. The van der Waals surface area contributed by atoms with E-state index in [1.807, 2.05) is 0 Å². The predicted octanol–water partition coefficient (Wildman–Crippen LogP) is 1.17. The minimum atomic E-state index is -0.552.